The number of methoxy groups -OCH3 is 1. The summed E-state index contributed by atoms with van der Waals surface area (Å²) in [6.45, 7) is 4.93. The number of urea groups is 1. The number of hydrogen-bond donors (Lipinski definition) is 2. The summed E-state index contributed by atoms with van der Waals surface area (Å²) in [6.07, 6.45) is 0.343. The zero-order valence-corrected chi connectivity index (χ0v) is 18.0. The molecule has 0 unspecified atom stereocenters. The fourth-order valence-corrected chi connectivity index (χ4v) is 4.57. The molecule has 8 nitrogen and oxygen atoms in total. The van der Waals surface area contributed by atoms with E-state index in [-0.39, 0.29) is 5.56 Å². The second-order valence-corrected chi connectivity index (χ2v) is 8.20. The van der Waals surface area contributed by atoms with Gasteiger partial charge in [0.2, 0.25) is 5.91 Å². The average molecular weight is 429 g/mol. The van der Waals surface area contributed by atoms with E-state index in [0.717, 1.165) is 9.78 Å². The van der Waals surface area contributed by atoms with Crippen LogP contribution >= 0.6 is 11.3 Å². The molecule has 0 spiro atoms. The third kappa shape index (κ3) is 3.56. The first-order chi connectivity index (χ1) is 14.2. The number of ether oxygens (including phenoxy) is 1. The number of rotatable bonds is 6. The molecule has 1 aliphatic rings. The first-order valence-electron chi connectivity index (χ1n) is 9.43. The smallest absolute Gasteiger partial charge is 0.341 e. The summed E-state index contributed by atoms with van der Waals surface area (Å²) in [4.78, 5) is 52.2. The van der Waals surface area contributed by atoms with Crippen LogP contribution in [0, 0.1) is 13.8 Å². The van der Waals surface area contributed by atoms with E-state index < -0.39 is 35.9 Å². The zero-order valence-electron chi connectivity index (χ0n) is 17.2. The number of benzene rings is 1. The van der Waals surface area contributed by atoms with Crippen LogP contribution in [0.25, 0.3) is 0 Å². The highest BCUT2D eigenvalue weighted by molar-refractivity contribution is 7.16. The molecule has 1 aromatic heterocycles. The highest BCUT2D eigenvalue weighted by atomic mass is 32.1. The van der Waals surface area contributed by atoms with Crippen LogP contribution in [0.5, 0.6) is 0 Å². The third-order valence-corrected chi connectivity index (χ3v) is 6.42. The Labute approximate surface area is 178 Å². The van der Waals surface area contributed by atoms with Gasteiger partial charge in [-0.25, -0.2) is 9.59 Å². The number of amides is 4. The number of aryl methyl sites for hydroxylation is 1. The van der Waals surface area contributed by atoms with Gasteiger partial charge in [-0.1, -0.05) is 37.3 Å². The zero-order chi connectivity index (χ0) is 22.1. The van der Waals surface area contributed by atoms with Gasteiger partial charge in [0, 0.05) is 4.88 Å². The minimum Gasteiger partial charge on any atom is -0.465 e. The van der Waals surface area contributed by atoms with E-state index in [1.165, 1.54) is 18.4 Å². The molecule has 1 saturated heterocycles. The number of imide groups is 1. The Bertz CT molecular complexity index is 1020. The monoisotopic (exact) mass is 429 g/mol. The van der Waals surface area contributed by atoms with Crippen molar-refractivity contribution < 1.29 is 23.9 Å². The van der Waals surface area contributed by atoms with Crippen molar-refractivity contribution in [3.05, 3.63) is 51.9 Å². The van der Waals surface area contributed by atoms with E-state index in [9.17, 15) is 19.2 Å². The third-order valence-electron chi connectivity index (χ3n) is 5.30. The van der Waals surface area contributed by atoms with E-state index in [1.807, 2.05) is 13.0 Å². The normalized spacial score (nSPS) is 18.3. The van der Waals surface area contributed by atoms with Crippen LogP contribution in [-0.4, -0.2) is 42.4 Å². The lowest BCUT2D eigenvalue weighted by molar-refractivity contribution is -0.134. The number of nitrogens with one attached hydrogen (secondary N) is 2. The number of carbonyl (C=O) groups is 4. The summed E-state index contributed by atoms with van der Waals surface area (Å²) in [7, 11) is 1.27. The van der Waals surface area contributed by atoms with Crippen molar-refractivity contribution in [2.45, 2.75) is 32.7 Å². The Morgan fingerprint density at radius 2 is 1.87 bits per heavy atom. The van der Waals surface area contributed by atoms with Gasteiger partial charge in [0.25, 0.3) is 5.91 Å². The summed E-state index contributed by atoms with van der Waals surface area (Å²) in [5, 5.41) is 5.72. The molecule has 1 aromatic carbocycles. The lowest BCUT2D eigenvalue weighted by Gasteiger charge is -2.25. The minimum atomic E-state index is -1.20. The number of hydrogen-bond acceptors (Lipinski definition) is 6. The molecule has 2 aromatic rings. The van der Waals surface area contributed by atoms with E-state index in [0.29, 0.717) is 22.5 Å². The van der Waals surface area contributed by atoms with E-state index >= 15 is 0 Å². The predicted octanol–water partition coefficient (Wildman–Crippen LogP) is 2.95. The van der Waals surface area contributed by atoms with Crippen LogP contribution < -0.4 is 10.6 Å². The molecule has 1 aliphatic heterocycles. The van der Waals surface area contributed by atoms with Crippen LogP contribution in [0.2, 0.25) is 0 Å². The van der Waals surface area contributed by atoms with Crippen molar-refractivity contribution in [2.24, 2.45) is 0 Å². The molecule has 0 bridgehead atoms. The number of carbonyl (C=O) groups excluding carboxylic acids is 4. The van der Waals surface area contributed by atoms with Crippen molar-refractivity contribution in [2.75, 3.05) is 19.0 Å². The Balaban J connectivity index is 1.81. The summed E-state index contributed by atoms with van der Waals surface area (Å²) < 4.78 is 4.80. The van der Waals surface area contributed by atoms with Gasteiger partial charge in [-0.05, 0) is 31.4 Å². The van der Waals surface area contributed by atoms with Crippen LogP contribution in [0.15, 0.2) is 30.3 Å². The van der Waals surface area contributed by atoms with Crippen LogP contribution in [0.4, 0.5) is 9.80 Å². The fourth-order valence-electron chi connectivity index (χ4n) is 3.50. The molecule has 1 fully saturated rings. The second kappa shape index (κ2) is 8.27. The van der Waals surface area contributed by atoms with Gasteiger partial charge < -0.3 is 15.4 Å². The molecule has 1 atom stereocenters. The first kappa shape index (κ1) is 21.5. The molecule has 3 rings (SSSR count). The number of thiophene rings is 1. The Morgan fingerprint density at radius 3 is 2.47 bits per heavy atom. The first-order valence-corrected chi connectivity index (χ1v) is 10.2. The summed E-state index contributed by atoms with van der Waals surface area (Å²) in [5.41, 5.74) is 0.446. The summed E-state index contributed by atoms with van der Waals surface area (Å²) >= 11 is 1.24. The van der Waals surface area contributed by atoms with Gasteiger partial charge in [0.05, 0.1) is 12.7 Å². The van der Waals surface area contributed by atoms with Gasteiger partial charge in [-0.3, -0.25) is 14.5 Å². The van der Waals surface area contributed by atoms with Crippen molar-refractivity contribution in [1.82, 2.24) is 10.2 Å². The molecule has 9 heteroatoms. The Kier molecular flexibility index (Phi) is 5.93. The van der Waals surface area contributed by atoms with Gasteiger partial charge in [-0.15, -0.1) is 11.3 Å². The molecule has 0 aliphatic carbocycles. The van der Waals surface area contributed by atoms with Crippen LogP contribution in [0.1, 0.15) is 39.7 Å². The Morgan fingerprint density at radius 1 is 1.20 bits per heavy atom. The minimum absolute atomic E-state index is 0.276. The molecule has 2 N–H and O–H groups in total. The van der Waals surface area contributed by atoms with Crippen LogP contribution in [0.3, 0.4) is 0 Å². The maximum absolute atomic E-state index is 13.1. The number of nitrogens with zero attached hydrogens (tertiary/aromatic N) is 1. The van der Waals surface area contributed by atoms with Crippen molar-refractivity contribution >= 4 is 40.2 Å². The second-order valence-electron chi connectivity index (χ2n) is 6.97. The maximum atomic E-state index is 13.1. The predicted molar refractivity (Wildman–Crippen MR) is 112 cm³/mol. The fraction of sp³-hybridized carbons (Fsp3) is 0.333. The Hall–Kier alpha value is -3.20. The SMILES string of the molecule is CC[C@@]1(c2ccccc2)NC(=O)N(CC(=O)Nc2sc(C)c(C)c2C(=O)OC)C1=O. The van der Waals surface area contributed by atoms with Gasteiger partial charge in [0.15, 0.2) is 0 Å². The quantitative estimate of drug-likeness (QED) is 0.543. The van der Waals surface area contributed by atoms with Crippen molar-refractivity contribution in [3.63, 3.8) is 0 Å². The molecule has 0 radical (unpaired) electrons. The lowest BCUT2D eigenvalue weighted by Crippen LogP contribution is -2.44. The molecule has 158 valence electrons. The highest BCUT2D eigenvalue weighted by Gasteiger charge is 2.51. The van der Waals surface area contributed by atoms with Crippen molar-refractivity contribution in [3.8, 4) is 0 Å². The molecule has 4 amide bonds. The molecular formula is C21H23N3O5S. The summed E-state index contributed by atoms with van der Waals surface area (Å²) in [5.74, 6) is -1.62. The average Bonchev–Trinajstić information content (AvgIpc) is 3.15. The van der Waals surface area contributed by atoms with E-state index in [1.54, 1.807) is 38.1 Å². The van der Waals surface area contributed by atoms with E-state index in [4.69, 9.17) is 4.74 Å². The largest absolute Gasteiger partial charge is 0.465 e. The standard InChI is InChI=1S/C21H23N3O5S/c1-5-21(14-9-7-6-8-10-14)19(27)24(20(28)23-21)11-15(25)22-17-16(18(26)29-4)12(2)13(3)30-17/h6-10H,5,11H2,1-4H3,(H,22,25)(H,23,28)/t21-/m0/s1. The van der Waals surface area contributed by atoms with Gasteiger partial charge in [0.1, 0.15) is 17.1 Å². The lowest BCUT2D eigenvalue weighted by atomic mass is 9.87. The molecule has 2 heterocycles. The van der Waals surface area contributed by atoms with Gasteiger partial charge in [-0.2, -0.15) is 0 Å². The highest BCUT2D eigenvalue weighted by Crippen LogP contribution is 2.34. The molecule has 30 heavy (non-hydrogen) atoms. The maximum Gasteiger partial charge on any atom is 0.341 e. The number of anilines is 1. The van der Waals surface area contributed by atoms with Crippen molar-refractivity contribution in [1.29, 1.82) is 0 Å². The topological polar surface area (TPSA) is 105 Å². The van der Waals surface area contributed by atoms with Gasteiger partial charge >= 0.3 is 12.0 Å². The summed E-state index contributed by atoms with van der Waals surface area (Å²) in [6, 6.07) is 8.31. The van der Waals surface area contributed by atoms with E-state index in [2.05, 4.69) is 10.6 Å². The van der Waals surface area contributed by atoms with Crippen LogP contribution in [-0.2, 0) is 19.9 Å². The molecule has 0 saturated carbocycles. The number of esters is 1. The molecular weight excluding hydrogens is 406 g/mol.